The van der Waals surface area contributed by atoms with Crippen molar-refractivity contribution in [3.8, 4) is 0 Å². The van der Waals surface area contributed by atoms with E-state index in [0.29, 0.717) is 13.1 Å². The van der Waals surface area contributed by atoms with E-state index in [1.807, 2.05) is 30.3 Å². The van der Waals surface area contributed by atoms with Crippen LogP contribution in [0.2, 0.25) is 0 Å². The fourth-order valence-corrected chi connectivity index (χ4v) is 1.75. The van der Waals surface area contributed by atoms with Crippen LogP contribution in [0.1, 0.15) is 12.5 Å². The molecule has 0 aliphatic heterocycles. The highest BCUT2D eigenvalue weighted by atomic mass is 16.2. The first-order valence-corrected chi connectivity index (χ1v) is 5.56. The van der Waals surface area contributed by atoms with Crippen molar-refractivity contribution in [1.82, 2.24) is 9.13 Å². The highest BCUT2D eigenvalue weighted by Crippen LogP contribution is 1.99. The van der Waals surface area contributed by atoms with Crippen LogP contribution < -0.4 is 11.2 Å². The zero-order chi connectivity index (χ0) is 12.3. The molecule has 0 N–H and O–H groups in total. The summed E-state index contributed by atoms with van der Waals surface area (Å²) in [7, 11) is 0. The average Bonchev–Trinajstić information content (AvgIpc) is 2.35. The molecule has 0 unspecified atom stereocenters. The summed E-state index contributed by atoms with van der Waals surface area (Å²) in [6, 6.07) is 11.1. The monoisotopic (exact) mass is 230 g/mol. The third-order valence-corrected chi connectivity index (χ3v) is 2.65. The molecule has 0 bridgehead atoms. The van der Waals surface area contributed by atoms with E-state index in [1.54, 1.807) is 17.7 Å². The van der Waals surface area contributed by atoms with Gasteiger partial charge in [0.2, 0.25) is 0 Å². The predicted molar refractivity (Wildman–Crippen MR) is 66.2 cm³/mol. The topological polar surface area (TPSA) is 44.0 Å². The van der Waals surface area contributed by atoms with Crippen LogP contribution in [-0.4, -0.2) is 9.13 Å². The van der Waals surface area contributed by atoms with Gasteiger partial charge in [-0.1, -0.05) is 30.3 Å². The quantitative estimate of drug-likeness (QED) is 0.792. The molecule has 1 aromatic heterocycles. The summed E-state index contributed by atoms with van der Waals surface area (Å²) >= 11 is 0. The van der Waals surface area contributed by atoms with E-state index in [1.165, 1.54) is 10.6 Å². The third-order valence-electron chi connectivity index (χ3n) is 2.65. The number of hydrogen-bond donors (Lipinski definition) is 0. The largest absolute Gasteiger partial charge is 0.331 e. The zero-order valence-electron chi connectivity index (χ0n) is 9.67. The summed E-state index contributed by atoms with van der Waals surface area (Å²) in [5, 5.41) is 0. The van der Waals surface area contributed by atoms with Crippen molar-refractivity contribution in [2.75, 3.05) is 0 Å². The first-order chi connectivity index (χ1) is 8.22. The Bertz CT molecular complexity index is 611. The molecule has 0 saturated heterocycles. The number of benzene rings is 1. The van der Waals surface area contributed by atoms with E-state index in [0.717, 1.165) is 5.56 Å². The molecule has 17 heavy (non-hydrogen) atoms. The summed E-state index contributed by atoms with van der Waals surface area (Å²) < 4.78 is 2.77. The fourth-order valence-electron chi connectivity index (χ4n) is 1.75. The van der Waals surface area contributed by atoms with Gasteiger partial charge in [-0.05, 0) is 12.5 Å². The molecule has 1 aromatic carbocycles. The molecule has 2 rings (SSSR count). The minimum atomic E-state index is -0.260. The Balaban J connectivity index is 2.42. The maximum absolute atomic E-state index is 12.0. The minimum absolute atomic E-state index is 0.248. The summed E-state index contributed by atoms with van der Waals surface area (Å²) in [4.78, 5) is 23.4. The molecule has 0 saturated carbocycles. The second-order valence-electron chi connectivity index (χ2n) is 3.79. The molecule has 2 aromatic rings. The second-order valence-corrected chi connectivity index (χ2v) is 3.79. The Morgan fingerprint density at radius 3 is 2.41 bits per heavy atom. The lowest BCUT2D eigenvalue weighted by atomic mass is 10.2. The van der Waals surface area contributed by atoms with Gasteiger partial charge in [0.15, 0.2) is 0 Å². The second kappa shape index (κ2) is 4.82. The zero-order valence-corrected chi connectivity index (χ0v) is 9.67. The predicted octanol–water partition coefficient (Wildman–Crippen LogP) is 1.08. The van der Waals surface area contributed by atoms with Crippen LogP contribution in [0.5, 0.6) is 0 Å². The molecular weight excluding hydrogens is 216 g/mol. The van der Waals surface area contributed by atoms with Gasteiger partial charge >= 0.3 is 5.69 Å². The van der Waals surface area contributed by atoms with Gasteiger partial charge in [0.25, 0.3) is 5.56 Å². The van der Waals surface area contributed by atoms with Crippen molar-refractivity contribution in [2.24, 2.45) is 0 Å². The van der Waals surface area contributed by atoms with Crippen molar-refractivity contribution in [1.29, 1.82) is 0 Å². The van der Waals surface area contributed by atoms with Crippen molar-refractivity contribution in [3.63, 3.8) is 0 Å². The highest BCUT2D eigenvalue weighted by Gasteiger charge is 2.03. The van der Waals surface area contributed by atoms with Crippen LogP contribution in [-0.2, 0) is 13.1 Å². The van der Waals surface area contributed by atoms with Gasteiger partial charge < -0.3 is 0 Å². The van der Waals surface area contributed by atoms with Crippen LogP contribution >= 0.6 is 0 Å². The van der Waals surface area contributed by atoms with Crippen LogP contribution in [0.25, 0.3) is 0 Å². The molecule has 0 spiro atoms. The smallest absolute Gasteiger partial charge is 0.296 e. The third kappa shape index (κ3) is 2.36. The number of nitrogens with zero attached hydrogens (tertiary/aromatic N) is 2. The van der Waals surface area contributed by atoms with E-state index < -0.39 is 0 Å². The van der Waals surface area contributed by atoms with Crippen LogP contribution in [0, 0.1) is 0 Å². The first kappa shape index (κ1) is 11.4. The number of rotatable bonds is 3. The van der Waals surface area contributed by atoms with Crippen molar-refractivity contribution >= 4 is 0 Å². The summed E-state index contributed by atoms with van der Waals surface area (Å²) in [5.74, 6) is 0. The SMILES string of the molecule is CCn1c(=O)ccn(Cc2ccccc2)c1=O. The molecule has 0 radical (unpaired) electrons. The lowest BCUT2D eigenvalue weighted by Crippen LogP contribution is -2.38. The Morgan fingerprint density at radius 1 is 1.06 bits per heavy atom. The normalized spacial score (nSPS) is 10.4. The molecule has 4 nitrogen and oxygen atoms in total. The molecule has 1 heterocycles. The minimum Gasteiger partial charge on any atom is -0.296 e. The highest BCUT2D eigenvalue weighted by molar-refractivity contribution is 5.15. The molecule has 4 heteroatoms. The van der Waals surface area contributed by atoms with Crippen LogP contribution in [0.3, 0.4) is 0 Å². The summed E-state index contributed by atoms with van der Waals surface area (Å²) in [5.41, 5.74) is 0.529. The maximum atomic E-state index is 12.0. The summed E-state index contributed by atoms with van der Waals surface area (Å²) in [6.07, 6.45) is 1.55. The van der Waals surface area contributed by atoms with E-state index >= 15 is 0 Å². The Labute approximate surface area is 98.8 Å². The molecule has 0 fully saturated rings. The molecule has 0 aliphatic carbocycles. The van der Waals surface area contributed by atoms with Crippen LogP contribution in [0.15, 0.2) is 52.2 Å². The lowest BCUT2D eigenvalue weighted by Gasteiger charge is -2.08. The fraction of sp³-hybridized carbons (Fsp3) is 0.231. The van der Waals surface area contributed by atoms with E-state index in [9.17, 15) is 9.59 Å². The average molecular weight is 230 g/mol. The standard InChI is InChI=1S/C13H14N2O2/c1-2-15-12(16)8-9-14(13(15)17)10-11-6-4-3-5-7-11/h3-9H,2,10H2,1H3. The lowest BCUT2D eigenvalue weighted by molar-refractivity contribution is 0.598. The van der Waals surface area contributed by atoms with Crippen molar-refractivity contribution < 1.29 is 0 Å². The Hall–Kier alpha value is -2.10. The van der Waals surface area contributed by atoms with Crippen molar-refractivity contribution in [3.05, 3.63) is 69.0 Å². The van der Waals surface area contributed by atoms with Gasteiger partial charge in [-0.2, -0.15) is 0 Å². The van der Waals surface area contributed by atoms with Gasteiger partial charge in [0.05, 0.1) is 6.54 Å². The van der Waals surface area contributed by atoms with E-state index in [-0.39, 0.29) is 11.2 Å². The first-order valence-electron chi connectivity index (χ1n) is 5.56. The Kier molecular flexibility index (Phi) is 3.23. The van der Waals surface area contributed by atoms with E-state index in [2.05, 4.69) is 0 Å². The summed E-state index contributed by atoms with van der Waals surface area (Å²) in [6.45, 7) is 2.67. The maximum Gasteiger partial charge on any atom is 0.331 e. The van der Waals surface area contributed by atoms with Gasteiger partial charge in [-0.3, -0.25) is 13.9 Å². The Morgan fingerprint density at radius 2 is 1.76 bits per heavy atom. The number of aromatic nitrogens is 2. The van der Waals surface area contributed by atoms with Gasteiger partial charge in [0, 0.05) is 18.8 Å². The molecule has 88 valence electrons. The molecule has 0 aliphatic rings. The van der Waals surface area contributed by atoms with Gasteiger partial charge in [0.1, 0.15) is 0 Å². The van der Waals surface area contributed by atoms with E-state index in [4.69, 9.17) is 0 Å². The molecular formula is C13H14N2O2. The van der Waals surface area contributed by atoms with Gasteiger partial charge in [-0.15, -0.1) is 0 Å². The number of hydrogen-bond acceptors (Lipinski definition) is 2. The van der Waals surface area contributed by atoms with Crippen molar-refractivity contribution in [2.45, 2.75) is 20.0 Å². The molecule has 0 atom stereocenters. The molecule has 0 amide bonds. The van der Waals surface area contributed by atoms with Crippen LogP contribution in [0.4, 0.5) is 0 Å². The van der Waals surface area contributed by atoms with Gasteiger partial charge in [-0.25, -0.2) is 4.79 Å².